The second-order valence-electron chi connectivity index (χ2n) is 4.73. The summed E-state index contributed by atoms with van der Waals surface area (Å²) in [7, 11) is 0. The highest BCUT2D eigenvalue weighted by atomic mass is 32.1. The molecule has 0 aliphatic rings. The zero-order valence-corrected chi connectivity index (χ0v) is 11.9. The van der Waals surface area contributed by atoms with Gasteiger partial charge < -0.3 is 5.73 Å². The van der Waals surface area contributed by atoms with Crippen molar-refractivity contribution < 1.29 is 4.39 Å². The zero-order valence-electron chi connectivity index (χ0n) is 11.1. The Labute approximate surface area is 125 Å². The summed E-state index contributed by atoms with van der Waals surface area (Å²) in [5, 5.41) is 9.48. The molecule has 0 unspecified atom stereocenters. The lowest BCUT2D eigenvalue weighted by Crippen LogP contribution is -2.20. The number of aromatic nitrogens is 1. The highest BCUT2D eigenvalue weighted by Crippen LogP contribution is 2.30. The lowest BCUT2D eigenvalue weighted by atomic mass is 10.0. The van der Waals surface area contributed by atoms with Crippen molar-refractivity contribution in [3.8, 4) is 16.6 Å². The fraction of sp³-hybridized carbons (Fsp3) is 0.125. The molecule has 3 aromatic rings. The molecule has 3 rings (SSSR count). The second kappa shape index (κ2) is 5.60. The number of hydrogen-bond acceptors (Lipinski definition) is 4. The molecular formula is C16H12FN3S. The summed E-state index contributed by atoms with van der Waals surface area (Å²) in [5.41, 5.74) is 7.64. The summed E-state index contributed by atoms with van der Waals surface area (Å²) in [5.74, 6) is -0.350. The maximum absolute atomic E-state index is 14.1. The minimum Gasteiger partial charge on any atom is -0.316 e. The van der Waals surface area contributed by atoms with Crippen LogP contribution in [0.5, 0.6) is 0 Å². The third kappa shape index (κ3) is 2.77. The van der Waals surface area contributed by atoms with Crippen molar-refractivity contribution >= 4 is 21.6 Å². The molecular weight excluding hydrogens is 285 g/mol. The molecule has 0 aliphatic carbocycles. The molecule has 0 aliphatic heterocycles. The van der Waals surface area contributed by atoms with Crippen LogP contribution in [0.4, 0.5) is 4.39 Å². The average Bonchev–Trinajstić information content (AvgIpc) is 2.93. The molecule has 1 aromatic heterocycles. The highest BCUT2D eigenvalue weighted by Gasteiger charge is 2.11. The summed E-state index contributed by atoms with van der Waals surface area (Å²) in [4.78, 5) is 4.51. The summed E-state index contributed by atoms with van der Waals surface area (Å²) in [6.07, 6.45) is 0.211. The van der Waals surface area contributed by atoms with Crippen LogP contribution in [0, 0.1) is 17.1 Å². The maximum atomic E-state index is 14.1. The van der Waals surface area contributed by atoms with Crippen LogP contribution < -0.4 is 5.73 Å². The van der Waals surface area contributed by atoms with Crippen LogP contribution in [-0.4, -0.2) is 11.0 Å². The molecule has 21 heavy (non-hydrogen) atoms. The molecule has 3 nitrogen and oxygen atoms in total. The topological polar surface area (TPSA) is 62.7 Å². The SMILES string of the molecule is N#C[C@@H](N)Cc1ccc(-c2nc3ccccc3s2)cc1F. The third-order valence-corrected chi connectivity index (χ3v) is 4.29. The first-order valence-corrected chi connectivity index (χ1v) is 7.28. The fourth-order valence-electron chi connectivity index (χ4n) is 2.12. The van der Waals surface area contributed by atoms with Crippen molar-refractivity contribution in [2.75, 3.05) is 0 Å². The Morgan fingerprint density at radius 1 is 1.29 bits per heavy atom. The van der Waals surface area contributed by atoms with Crippen LogP contribution in [-0.2, 0) is 6.42 Å². The average molecular weight is 297 g/mol. The van der Waals surface area contributed by atoms with Gasteiger partial charge in [-0.15, -0.1) is 11.3 Å². The number of para-hydroxylation sites is 1. The van der Waals surface area contributed by atoms with Gasteiger partial charge in [0.25, 0.3) is 0 Å². The monoisotopic (exact) mass is 297 g/mol. The highest BCUT2D eigenvalue weighted by molar-refractivity contribution is 7.21. The number of fused-ring (bicyclic) bond motifs is 1. The van der Waals surface area contributed by atoms with Crippen LogP contribution >= 0.6 is 11.3 Å². The third-order valence-electron chi connectivity index (χ3n) is 3.20. The second-order valence-corrected chi connectivity index (χ2v) is 5.76. The summed E-state index contributed by atoms with van der Waals surface area (Å²) in [6, 6.07) is 14.0. The molecule has 0 radical (unpaired) electrons. The van der Waals surface area contributed by atoms with E-state index >= 15 is 0 Å². The number of nitrogens with two attached hydrogens (primary N) is 1. The Hall–Kier alpha value is -2.29. The van der Waals surface area contributed by atoms with E-state index < -0.39 is 6.04 Å². The predicted octanol–water partition coefficient (Wildman–Crippen LogP) is 3.50. The molecule has 0 bridgehead atoms. The molecule has 2 aromatic carbocycles. The van der Waals surface area contributed by atoms with E-state index in [1.54, 1.807) is 6.07 Å². The summed E-state index contributed by atoms with van der Waals surface area (Å²) < 4.78 is 15.2. The van der Waals surface area contributed by atoms with Gasteiger partial charge in [-0.25, -0.2) is 9.37 Å². The van der Waals surface area contributed by atoms with Gasteiger partial charge in [0, 0.05) is 12.0 Å². The van der Waals surface area contributed by atoms with Crippen molar-refractivity contribution in [1.82, 2.24) is 4.98 Å². The zero-order chi connectivity index (χ0) is 14.8. The number of halogens is 1. The molecule has 0 saturated carbocycles. The van der Waals surface area contributed by atoms with E-state index in [0.29, 0.717) is 5.56 Å². The Balaban J connectivity index is 1.96. The van der Waals surface area contributed by atoms with Crippen molar-refractivity contribution in [3.05, 3.63) is 53.8 Å². The largest absolute Gasteiger partial charge is 0.316 e. The van der Waals surface area contributed by atoms with E-state index in [2.05, 4.69) is 4.98 Å². The van der Waals surface area contributed by atoms with Crippen LogP contribution in [0.3, 0.4) is 0 Å². The van der Waals surface area contributed by atoms with Gasteiger partial charge in [0.15, 0.2) is 0 Å². The number of hydrogen-bond donors (Lipinski definition) is 1. The Morgan fingerprint density at radius 3 is 2.81 bits per heavy atom. The Kier molecular flexibility index (Phi) is 3.65. The van der Waals surface area contributed by atoms with E-state index in [4.69, 9.17) is 11.0 Å². The first-order chi connectivity index (χ1) is 10.2. The lowest BCUT2D eigenvalue weighted by molar-refractivity contribution is 0.604. The van der Waals surface area contributed by atoms with E-state index in [1.165, 1.54) is 17.4 Å². The van der Waals surface area contributed by atoms with Gasteiger partial charge in [0.2, 0.25) is 0 Å². The fourth-order valence-corrected chi connectivity index (χ4v) is 3.09. The molecule has 5 heteroatoms. The Bertz CT molecular complexity index is 802. The van der Waals surface area contributed by atoms with Crippen molar-refractivity contribution in [2.24, 2.45) is 5.73 Å². The van der Waals surface area contributed by atoms with Gasteiger partial charge in [-0.3, -0.25) is 0 Å². The van der Waals surface area contributed by atoms with E-state index in [9.17, 15) is 4.39 Å². The minimum absolute atomic E-state index is 0.211. The standard InChI is InChI=1S/C16H12FN3S/c17-13-8-11(6-5-10(13)7-12(19)9-18)16-20-14-3-1-2-4-15(14)21-16/h1-6,8,12H,7,19H2/t12-/m0/s1. The first-order valence-electron chi connectivity index (χ1n) is 6.47. The minimum atomic E-state index is -0.687. The van der Waals surface area contributed by atoms with Crippen molar-refractivity contribution in [3.63, 3.8) is 0 Å². The van der Waals surface area contributed by atoms with Crippen LogP contribution in [0.2, 0.25) is 0 Å². The van der Waals surface area contributed by atoms with Gasteiger partial charge >= 0.3 is 0 Å². The van der Waals surface area contributed by atoms with Crippen molar-refractivity contribution in [2.45, 2.75) is 12.5 Å². The number of benzene rings is 2. The number of nitrogens with zero attached hydrogens (tertiary/aromatic N) is 2. The summed E-state index contributed by atoms with van der Waals surface area (Å²) in [6.45, 7) is 0. The normalized spacial score (nSPS) is 12.2. The van der Waals surface area contributed by atoms with Gasteiger partial charge in [-0.1, -0.05) is 24.3 Å². The number of nitriles is 1. The predicted molar refractivity (Wildman–Crippen MR) is 82.3 cm³/mol. The van der Waals surface area contributed by atoms with Gasteiger partial charge in [-0.05, 0) is 23.8 Å². The molecule has 0 amide bonds. The van der Waals surface area contributed by atoms with Crippen molar-refractivity contribution in [1.29, 1.82) is 5.26 Å². The molecule has 0 saturated heterocycles. The Morgan fingerprint density at radius 2 is 2.10 bits per heavy atom. The summed E-state index contributed by atoms with van der Waals surface area (Å²) >= 11 is 1.53. The number of thiazole rings is 1. The molecule has 0 fully saturated rings. The molecule has 0 spiro atoms. The van der Waals surface area contributed by atoms with E-state index in [0.717, 1.165) is 20.8 Å². The quantitative estimate of drug-likeness (QED) is 0.805. The number of rotatable bonds is 3. The first kappa shape index (κ1) is 13.7. The van der Waals surface area contributed by atoms with E-state index in [-0.39, 0.29) is 12.2 Å². The van der Waals surface area contributed by atoms with Gasteiger partial charge in [0.1, 0.15) is 10.8 Å². The molecule has 2 N–H and O–H groups in total. The van der Waals surface area contributed by atoms with Crippen LogP contribution in [0.1, 0.15) is 5.56 Å². The molecule has 1 heterocycles. The van der Waals surface area contributed by atoms with Gasteiger partial charge in [-0.2, -0.15) is 5.26 Å². The van der Waals surface area contributed by atoms with Crippen LogP contribution in [0.15, 0.2) is 42.5 Å². The lowest BCUT2D eigenvalue weighted by Gasteiger charge is -2.06. The van der Waals surface area contributed by atoms with E-state index in [1.807, 2.05) is 36.4 Å². The molecule has 1 atom stereocenters. The van der Waals surface area contributed by atoms with Gasteiger partial charge in [0.05, 0.1) is 22.3 Å². The smallest absolute Gasteiger partial charge is 0.127 e. The molecule has 104 valence electrons. The maximum Gasteiger partial charge on any atom is 0.127 e. The van der Waals surface area contributed by atoms with Crippen LogP contribution in [0.25, 0.3) is 20.8 Å².